The molecule has 0 aromatic carbocycles. The minimum absolute atomic E-state index is 0.0740. The monoisotopic (exact) mass is 147 g/mol. The summed E-state index contributed by atoms with van der Waals surface area (Å²) in [5.41, 5.74) is 5.39. The highest BCUT2D eigenvalue weighted by Crippen LogP contribution is 1.90. The lowest BCUT2D eigenvalue weighted by Crippen LogP contribution is -2.28. The summed E-state index contributed by atoms with van der Waals surface area (Å²) >= 11 is 0. The van der Waals surface area contributed by atoms with Crippen molar-refractivity contribution in [3.8, 4) is 0 Å². The van der Waals surface area contributed by atoms with Crippen molar-refractivity contribution < 1.29 is 9.47 Å². The summed E-state index contributed by atoms with van der Waals surface area (Å²) in [6.07, 6.45) is 0.0740. The Balaban J connectivity index is 3.21. The van der Waals surface area contributed by atoms with Crippen LogP contribution in [0.15, 0.2) is 0 Å². The molecule has 0 radical (unpaired) electrons. The van der Waals surface area contributed by atoms with Gasteiger partial charge in [-0.3, -0.25) is 0 Å². The van der Waals surface area contributed by atoms with E-state index in [9.17, 15) is 0 Å². The minimum atomic E-state index is 0.0740. The number of nitrogens with two attached hydrogens (primary N) is 1. The van der Waals surface area contributed by atoms with E-state index >= 15 is 0 Å². The third-order valence-electron chi connectivity index (χ3n) is 1.17. The van der Waals surface area contributed by atoms with Crippen molar-refractivity contribution in [1.82, 2.24) is 0 Å². The van der Waals surface area contributed by atoms with Gasteiger partial charge in [0.1, 0.15) is 0 Å². The molecule has 0 aliphatic heterocycles. The van der Waals surface area contributed by atoms with E-state index in [4.69, 9.17) is 15.2 Å². The Bertz CT molecular complexity index is 68.6. The average molecular weight is 147 g/mol. The second-order valence-electron chi connectivity index (χ2n) is 1.97. The summed E-state index contributed by atoms with van der Waals surface area (Å²) in [7, 11) is 0. The highest BCUT2D eigenvalue weighted by molar-refractivity contribution is 4.55. The van der Waals surface area contributed by atoms with Gasteiger partial charge in [0.25, 0.3) is 0 Å². The topological polar surface area (TPSA) is 44.5 Å². The molecule has 0 spiro atoms. The molecule has 1 unspecified atom stereocenters. The summed E-state index contributed by atoms with van der Waals surface area (Å²) in [5.74, 6) is 0. The van der Waals surface area contributed by atoms with Crippen molar-refractivity contribution in [2.24, 2.45) is 5.73 Å². The summed E-state index contributed by atoms with van der Waals surface area (Å²) < 4.78 is 10.4. The fraction of sp³-hybridized carbons (Fsp3) is 1.00. The molecule has 3 nitrogen and oxygen atoms in total. The predicted molar refractivity (Wildman–Crippen MR) is 41.0 cm³/mol. The molecule has 0 amide bonds. The molecule has 0 aliphatic carbocycles. The Morgan fingerprint density at radius 2 is 2.00 bits per heavy atom. The molecule has 0 heterocycles. The molecule has 0 aliphatic rings. The van der Waals surface area contributed by atoms with Crippen LogP contribution in [0.3, 0.4) is 0 Å². The fourth-order valence-electron chi connectivity index (χ4n) is 0.669. The fourth-order valence-corrected chi connectivity index (χ4v) is 0.669. The zero-order valence-electron chi connectivity index (χ0n) is 6.80. The van der Waals surface area contributed by atoms with Gasteiger partial charge in [0, 0.05) is 19.8 Å². The lowest BCUT2D eigenvalue weighted by atomic mass is 10.4. The van der Waals surface area contributed by atoms with Crippen LogP contribution in [0.2, 0.25) is 0 Å². The van der Waals surface area contributed by atoms with Crippen LogP contribution in [0, 0.1) is 0 Å². The third kappa shape index (κ3) is 4.73. The van der Waals surface area contributed by atoms with E-state index in [2.05, 4.69) is 0 Å². The molecule has 3 heteroatoms. The quantitative estimate of drug-likeness (QED) is 0.591. The van der Waals surface area contributed by atoms with Crippen molar-refractivity contribution in [1.29, 1.82) is 0 Å². The molecule has 2 N–H and O–H groups in total. The van der Waals surface area contributed by atoms with Crippen LogP contribution >= 0.6 is 0 Å². The number of hydrogen-bond acceptors (Lipinski definition) is 3. The van der Waals surface area contributed by atoms with Crippen molar-refractivity contribution in [3.63, 3.8) is 0 Å². The van der Waals surface area contributed by atoms with E-state index in [-0.39, 0.29) is 6.10 Å². The molecule has 0 aromatic heterocycles. The Morgan fingerprint density at radius 3 is 2.40 bits per heavy atom. The highest BCUT2D eigenvalue weighted by Gasteiger charge is 2.03. The van der Waals surface area contributed by atoms with Crippen molar-refractivity contribution >= 4 is 0 Å². The van der Waals surface area contributed by atoms with Gasteiger partial charge < -0.3 is 15.2 Å². The van der Waals surface area contributed by atoms with E-state index < -0.39 is 0 Å². The normalized spacial score (nSPS) is 13.5. The van der Waals surface area contributed by atoms with E-state index in [0.717, 1.165) is 6.61 Å². The van der Waals surface area contributed by atoms with Crippen molar-refractivity contribution in [3.05, 3.63) is 0 Å². The predicted octanol–water partition coefficient (Wildman–Crippen LogP) is 0.387. The van der Waals surface area contributed by atoms with Gasteiger partial charge in [0.2, 0.25) is 0 Å². The molecule has 0 saturated carbocycles. The Hall–Kier alpha value is -0.120. The van der Waals surface area contributed by atoms with E-state index in [1.807, 2.05) is 13.8 Å². The summed E-state index contributed by atoms with van der Waals surface area (Å²) in [5, 5.41) is 0. The molecular formula is C7H17NO2. The first-order chi connectivity index (χ1) is 4.85. The average Bonchev–Trinajstić information content (AvgIpc) is 1.98. The second-order valence-corrected chi connectivity index (χ2v) is 1.97. The first kappa shape index (κ1) is 9.88. The maximum Gasteiger partial charge on any atom is 0.0930 e. The molecule has 0 aromatic rings. The van der Waals surface area contributed by atoms with Crippen LogP contribution in [0.5, 0.6) is 0 Å². The third-order valence-corrected chi connectivity index (χ3v) is 1.17. The molecule has 10 heavy (non-hydrogen) atoms. The van der Waals surface area contributed by atoms with E-state index in [1.165, 1.54) is 0 Å². The highest BCUT2D eigenvalue weighted by atomic mass is 16.5. The van der Waals surface area contributed by atoms with Crippen LogP contribution in [-0.4, -0.2) is 32.5 Å². The first-order valence-electron chi connectivity index (χ1n) is 3.74. The van der Waals surface area contributed by atoms with Gasteiger partial charge >= 0.3 is 0 Å². The molecule has 0 fully saturated rings. The standard InChI is InChI=1S/C7H17NO2/c1-3-9-6-7(5-8)10-4-2/h7H,3-6,8H2,1-2H3. The molecule has 0 rings (SSSR count). The van der Waals surface area contributed by atoms with Crippen molar-refractivity contribution in [2.45, 2.75) is 20.0 Å². The molecule has 0 bridgehead atoms. The SMILES string of the molecule is CCOCC(CN)OCC. The van der Waals surface area contributed by atoms with Crippen LogP contribution in [0.4, 0.5) is 0 Å². The minimum Gasteiger partial charge on any atom is -0.379 e. The molecule has 1 atom stereocenters. The van der Waals surface area contributed by atoms with Gasteiger partial charge in [-0.05, 0) is 13.8 Å². The summed E-state index contributed by atoms with van der Waals surface area (Å²) in [6.45, 7) is 6.49. The zero-order valence-corrected chi connectivity index (χ0v) is 6.80. The lowest BCUT2D eigenvalue weighted by molar-refractivity contribution is -0.00302. The van der Waals surface area contributed by atoms with E-state index in [0.29, 0.717) is 19.8 Å². The summed E-state index contributed by atoms with van der Waals surface area (Å²) in [6, 6.07) is 0. The lowest BCUT2D eigenvalue weighted by Gasteiger charge is -2.13. The van der Waals surface area contributed by atoms with Crippen LogP contribution in [0.1, 0.15) is 13.8 Å². The van der Waals surface area contributed by atoms with Gasteiger partial charge in [-0.25, -0.2) is 0 Å². The number of ether oxygens (including phenoxy) is 2. The Morgan fingerprint density at radius 1 is 1.30 bits per heavy atom. The number of hydrogen-bond donors (Lipinski definition) is 1. The van der Waals surface area contributed by atoms with Gasteiger partial charge in [0.15, 0.2) is 0 Å². The maximum absolute atomic E-state index is 5.39. The molecule has 0 saturated heterocycles. The van der Waals surface area contributed by atoms with Gasteiger partial charge in [0.05, 0.1) is 12.7 Å². The largest absolute Gasteiger partial charge is 0.379 e. The van der Waals surface area contributed by atoms with Crippen LogP contribution < -0.4 is 5.73 Å². The van der Waals surface area contributed by atoms with Gasteiger partial charge in [-0.1, -0.05) is 0 Å². The summed E-state index contributed by atoms with van der Waals surface area (Å²) in [4.78, 5) is 0. The maximum atomic E-state index is 5.39. The second kappa shape index (κ2) is 6.99. The Kier molecular flexibility index (Phi) is 6.91. The van der Waals surface area contributed by atoms with Gasteiger partial charge in [-0.15, -0.1) is 0 Å². The van der Waals surface area contributed by atoms with Crippen LogP contribution in [-0.2, 0) is 9.47 Å². The smallest absolute Gasteiger partial charge is 0.0930 e. The molecule has 62 valence electrons. The van der Waals surface area contributed by atoms with Gasteiger partial charge in [-0.2, -0.15) is 0 Å². The van der Waals surface area contributed by atoms with E-state index in [1.54, 1.807) is 0 Å². The number of rotatable bonds is 6. The first-order valence-corrected chi connectivity index (χ1v) is 3.74. The van der Waals surface area contributed by atoms with Crippen molar-refractivity contribution in [2.75, 3.05) is 26.4 Å². The molecular weight excluding hydrogens is 130 g/mol. The van der Waals surface area contributed by atoms with Crippen LogP contribution in [0.25, 0.3) is 0 Å². The zero-order chi connectivity index (χ0) is 7.82. The Labute approximate surface area is 62.5 Å².